The van der Waals surface area contributed by atoms with Crippen LogP contribution in [0.5, 0.6) is 0 Å². The number of aryl methyl sites for hydroxylation is 1. The van der Waals surface area contributed by atoms with Crippen molar-refractivity contribution >= 4 is 27.5 Å². The lowest BCUT2D eigenvalue weighted by molar-refractivity contribution is 1.07. The molecule has 0 spiro atoms. The monoisotopic (exact) mass is 589 g/mol. The van der Waals surface area contributed by atoms with Gasteiger partial charge in [-0.25, -0.2) is 19.8 Å². The number of rotatable bonds is 5. The number of hydrogen-bond acceptors (Lipinski definition) is 3. The Morgan fingerprint density at radius 1 is 0.522 bits per heavy atom. The van der Waals surface area contributed by atoms with Gasteiger partial charge >= 0.3 is 0 Å². The molecule has 8 rings (SSSR count). The molecule has 0 aliphatic heterocycles. The van der Waals surface area contributed by atoms with Crippen LogP contribution in [0, 0.1) is 13.5 Å². The lowest BCUT2D eigenvalue weighted by Gasteiger charge is -2.14. The first-order valence-corrected chi connectivity index (χ1v) is 15.2. The number of hydrogen-bond donors (Lipinski definition) is 0. The van der Waals surface area contributed by atoms with Gasteiger partial charge in [-0.05, 0) is 47.9 Å². The Balaban J connectivity index is 1.38. The predicted molar refractivity (Wildman–Crippen MR) is 187 cm³/mol. The summed E-state index contributed by atoms with van der Waals surface area (Å²) in [7, 11) is 0. The van der Waals surface area contributed by atoms with Crippen LogP contribution in [0.15, 0.2) is 146 Å². The molecule has 6 aromatic carbocycles. The molecule has 0 saturated carbocycles. The maximum Gasteiger partial charge on any atom is 0.195 e. The summed E-state index contributed by atoms with van der Waals surface area (Å²) in [6.45, 7) is 10.3. The highest BCUT2D eigenvalue weighted by atomic mass is 15.0. The van der Waals surface area contributed by atoms with E-state index in [2.05, 4.69) is 83.1 Å². The van der Waals surface area contributed by atoms with Crippen LogP contribution in [-0.4, -0.2) is 19.5 Å². The molecular weight excluding hydrogens is 562 g/mol. The lowest BCUT2D eigenvalue weighted by Crippen LogP contribution is -2.01. The first-order chi connectivity index (χ1) is 22.7. The standard InChI is InChI=1S/C41H27N5/c1-27-14-9-11-22-35(27)46-36-23-12-10-19-31(36)33-26-30(24-25-37(33)46)38-32(20-13-21-34(38)42-2)41-44-39(28-15-5-3-6-16-28)43-40(45-41)29-17-7-4-8-18-29/h3-26H,1H3. The summed E-state index contributed by atoms with van der Waals surface area (Å²) in [5, 5.41) is 2.27. The Kier molecular flexibility index (Phi) is 6.67. The topological polar surface area (TPSA) is 48.0 Å². The van der Waals surface area contributed by atoms with Crippen molar-refractivity contribution in [1.82, 2.24) is 19.5 Å². The Bertz CT molecular complexity index is 2380. The normalized spacial score (nSPS) is 11.1. The summed E-state index contributed by atoms with van der Waals surface area (Å²) in [5.74, 6) is 1.69. The molecule has 0 aliphatic carbocycles. The largest absolute Gasteiger partial charge is 0.309 e. The molecule has 0 amide bonds. The first kappa shape index (κ1) is 27.2. The minimum absolute atomic E-state index is 0.524. The molecule has 0 bridgehead atoms. The molecule has 0 aliphatic rings. The van der Waals surface area contributed by atoms with Crippen molar-refractivity contribution in [3.63, 3.8) is 0 Å². The molecule has 0 fully saturated rings. The molecule has 8 aromatic rings. The van der Waals surface area contributed by atoms with E-state index in [0.29, 0.717) is 23.2 Å². The summed E-state index contributed by atoms with van der Waals surface area (Å²) in [5.41, 5.74) is 9.46. The van der Waals surface area contributed by atoms with Gasteiger partial charge in [0, 0.05) is 33.2 Å². The number of fused-ring (bicyclic) bond motifs is 3. The van der Waals surface area contributed by atoms with Crippen LogP contribution in [-0.2, 0) is 0 Å². The highest BCUT2D eigenvalue weighted by Crippen LogP contribution is 2.42. The average molecular weight is 590 g/mol. The summed E-state index contributed by atoms with van der Waals surface area (Å²) in [4.78, 5) is 18.8. The minimum Gasteiger partial charge on any atom is -0.309 e. The highest BCUT2D eigenvalue weighted by molar-refractivity contribution is 6.11. The van der Waals surface area contributed by atoms with E-state index < -0.39 is 0 Å². The number of benzene rings is 6. The second-order valence-electron chi connectivity index (χ2n) is 11.2. The van der Waals surface area contributed by atoms with Gasteiger partial charge in [-0.2, -0.15) is 0 Å². The molecule has 46 heavy (non-hydrogen) atoms. The van der Waals surface area contributed by atoms with Crippen molar-refractivity contribution < 1.29 is 0 Å². The van der Waals surface area contributed by atoms with Crippen molar-refractivity contribution in [2.24, 2.45) is 0 Å². The molecule has 0 N–H and O–H groups in total. The molecule has 216 valence electrons. The van der Waals surface area contributed by atoms with Gasteiger partial charge in [0.15, 0.2) is 23.2 Å². The van der Waals surface area contributed by atoms with Gasteiger partial charge in [-0.15, -0.1) is 0 Å². The van der Waals surface area contributed by atoms with Gasteiger partial charge in [0.2, 0.25) is 0 Å². The van der Waals surface area contributed by atoms with Gasteiger partial charge in [0.05, 0.1) is 17.6 Å². The van der Waals surface area contributed by atoms with Gasteiger partial charge in [0.25, 0.3) is 0 Å². The van der Waals surface area contributed by atoms with Gasteiger partial charge in [0.1, 0.15) is 0 Å². The Morgan fingerprint density at radius 3 is 1.83 bits per heavy atom. The third-order valence-corrected chi connectivity index (χ3v) is 8.42. The van der Waals surface area contributed by atoms with Crippen LogP contribution in [0.4, 0.5) is 5.69 Å². The fourth-order valence-electron chi connectivity index (χ4n) is 6.25. The zero-order valence-corrected chi connectivity index (χ0v) is 25.1. The molecule has 5 heteroatoms. The highest BCUT2D eigenvalue weighted by Gasteiger charge is 2.20. The maximum absolute atomic E-state index is 8.15. The third kappa shape index (κ3) is 4.61. The lowest BCUT2D eigenvalue weighted by atomic mass is 9.95. The van der Waals surface area contributed by atoms with Crippen LogP contribution in [0.25, 0.3) is 77.6 Å². The summed E-state index contributed by atoms with van der Waals surface area (Å²) >= 11 is 0. The Hall–Kier alpha value is -6.38. The molecule has 5 nitrogen and oxygen atoms in total. The maximum atomic E-state index is 8.15. The zero-order valence-electron chi connectivity index (χ0n) is 25.1. The van der Waals surface area contributed by atoms with E-state index in [1.807, 2.05) is 78.9 Å². The Labute approximate surface area is 266 Å². The van der Waals surface area contributed by atoms with Crippen molar-refractivity contribution in [2.45, 2.75) is 6.92 Å². The zero-order chi connectivity index (χ0) is 31.0. The van der Waals surface area contributed by atoms with Crippen molar-refractivity contribution in [3.05, 3.63) is 163 Å². The van der Waals surface area contributed by atoms with Crippen LogP contribution < -0.4 is 0 Å². The smallest absolute Gasteiger partial charge is 0.195 e. The van der Waals surface area contributed by atoms with Gasteiger partial charge < -0.3 is 4.57 Å². The minimum atomic E-state index is 0.524. The van der Waals surface area contributed by atoms with Crippen LogP contribution in [0.2, 0.25) is 0 Å². The van der Waals surface area contributed by atoms with E-state index in [1.54, 1.807) is 0 Å². The third-order valence-electron chi connectivity index (χ3n) is 8.42. The van der Waals surface area contributed by atoms with Gasteiger partial charge in [-0.3, -0.25) is 0 Å². The molecule has 0 atom stereocenters. The van der Waals surface area contributed by atoms with E-state index in [0.717, 1.165) is 55.3 Å². The van der Waals surface area contributed by atoms with Crippen LogP contribution in [0.3, 0.4) is 0 Å². The molecule has 0 radical (unpaired) electrons. The summed E-state index contributed by atoms with van der Waals surface area (Å²) in [6, 6.07) is 49.1. The van der Waals surface area contributed by atoms with Crippen LogP contribution in [0.1, 0.15) is 5.56 Å². The molecule has 0 saturated heterocycles. The number of aromatic nitrogens is 4. The molecular formula is C41H27N5. The van der Waals surface area contributed by atoms with Crippen molar-refractivity contribution in [2.75, 3.05) is 0 Å². The van der Waals surface area contributed by atoms with E-state index in [1.165, 1.54) is 5.56 Å². The van der Waals surface area contributed by atoms with Crippen LogP contribution >= 0.6 is 0 Å². The van der Waals surface area contributed by atoms with E-state index in [4.69, 9.17) is 21.5 Å². The SMILES string of the molecule is [C-]#[N+]c1cccc(-c2nc(-c3ccccc3)nc(-c3ccccc3)n2)c1-c1ccc2c(c1)c1ccccc1n2-c1ccccc1C. The number of nitrogens with zero attached hydrogens (tertiary/aromatic N) is 5. The van der Waals surface area contributed by atoms with E-state index in [9.17, 15) is 0 Å². The van der Waals surface area contributed by atoms with Crippen molar-refractivity contribution in [3.8, 4) is 51.0 Å². The summed E-state index contributed by atoms with van der Waals surface area (Å²) in [6.07, 6.45) is 0. The quantitative estimate of drug-likeness (QED) is 0.188. The second-order valence-corrected chi connectivity index (χ2v) is 11.2. The van der Waals surface area contributed by atoms with E-state index >= 15 is 0 Å². The van der Waals surface area contributed by atoms with E-state index in [-0.39, 0.29) is 0 Å². The second kappa shape index (κ2) is 11.3. The Morgan fingerprint density at radius 2 is 1.13 bits per heavy atom. The summed E-state index contributed by atoms with van der Waals surface area (Å²) < 4.78 is 2.33. The average Bonchev–Trinajstić information content (AvgIpc) is 3.45. The first-order valence-electron chi connectivity index (χ1n) is 15.2. The molecule has 0 unspecified atom stereocenters. The number of para-hydroxylation sites is 2. The fourth-order valence-corrected chi connectivity index (χ4v) is 6.25. The van der Waals surface area contributed by atoms with Crippen molar-refractivity contribution in [1.29, 1.82) is 0 Å². The van der Waals surface area contributed by atoms with Gasteiger partial charge in [-0.1, -0.05) is 121 Å². The molecule has 2 heterocycles. The fraction of sp³-hybridized carbons (Fsp3) is 0.0244. The predicted octanol–water partition coefficient (Wildman–Crippen LogP) is 10.5. The molecule has 2 aromatic heterocycles.